The van der Waals surface area contributed by atoms with Gasteiger partial charge in [-0.25, -0.2) is 4.79 Å². The highest BCUT2D eigenvalue weighted by molar-refractivity contribution is 5.88. The van der Waals surface area contributed by atoms with Gasteiger partial charge in [0.25, 0.3) is 5.56 Å². The Kier molecular flexibility index (Phi) is 4.15. The Morgan fingerprint density at radius 2 is 1.86 bits per heavy atom. The van der Waals surface area contributed by atoms with Crippen molar-refractivity contribution in [3.05, 3.63) is 75.4 Å². The number of aryl methyl sites for hydroxylation is 1. The molecule has 0 bridgehead atoms. The molecule has 7 heteroatoms. The molecule has 0 radical (unpaired) electrons. The third-order valence-electron chi connectivity index (χ3n) is 5.00. The smallest absolute Gasteiger partial charge is 0.335 e. The van der Waals surface area contributed by atoms with Crippen LogP contribution in [0.1, 0.15) is 39.7 Å². The molecule has 1 N–H and O–H groups in total. The van der Waals surface area contributed by atoms with Gasteiger partial charge in [0.2, 0.25) is 0 Å². The van der Waals surface area contributed by atoms with Gasteiger partial charge in [0, 0.05) is 24.4 Å². The highest BCUT2D eigenvalue weighted by Gasteiger charge is 2.34. The molecular formula is C21H17NO6. The Hall–Kier alpha value is -3.61. The molecule has 7 nitrogen and oxygen atoms in total. The first kappa shape index (κ1) is 17.8. The summed E-state index contributed by atoms with van der Waals surface area (Å²) in [5, 5.41) is 9.01. The number of esters is 1. The molecule has 0 amide bonds. The fourth-order valence-electron chi connectivity index (χ4n) is 3.36. The van der Waals surface area contributed by atoms with E-state index in [9.17, 15) is 14.4 Å². The molecule has 1 aliphatic rings. The minimum absolute atomic E-state index is 0.0101. The van der Waals surface area contributed by atoms with E-state index in [1.807, 2.05) is 0 Å². The van der Waals surface area contributed by atoms with Crippen molar-refractivity contribution in [1.29, 1.82) is 0 Å². The molecular weight excluding hydrogens is 362 g/mol. The van der Waals surface area contributed by atoms with Gasteiger partial charge in [0.05, 0.1) is 23.5 Å². The average Bonchev–Trinajstić information content (AvgIpc) is 3.15. The van der Waals surface area contributed by atoms with Gasteiger partial charge < -0.3 is 18.8 Å². The van der Waals surface area contributed by atoms with E-state index in [1.54, 1.807) is 44.3 Å². The van der Waals surface area contributed by atoms with Crippen molar-refractivity contribution in [1.82, 2.24) is 4.57 Å². The molecule has 0 saturated carbocycles. The van der Waals surface area contributed by atoms with Crippen molar-refractivity contribution in [2.24, 2.45) is 7.05 Å². The molecule has 3 heterocycles. The zero-order chi connectivity index (χ0) is 20.0. The maximum Gasteiger partial charge on any atom is 0.335 e. The molecule has 2 aromatic heterocycles. The van der Waals surface area contributed by atoms with Crippen LogP contribution in [0.5, 0.6) is 5.75 Å². The molecule has 0 spiro atoms. The second-order valence-electron chi connectivity index (χ2n) is 6.74. The minimum Gasteiger partial charge on any atom is -0.478 e. The summed E-state index contributed by atoms with van der Waals surface area (Å²) >= 11 is 0. The second-order valence-corrected chi connectivity index (χ2v) is 6.74. The zero-order valence-electron chi connectivity index (χ0n) is 15.3. The molecule has 1 aromatic carbocycles. The van der Waals surface area contributed by atoms with Gasteiger partial charge in [-0.2, -0.15) is 0 Å². The number of nitrogens with zero attached hydrogens (tertiary/aromatic N) is 1. The lowest BCUT2D eigenvalue weighted by molar-refractivity contribution is -0.135. The van der Waals surface area contributed by atoms with Gasteiger partial charge >= 0.3 is 11.9 Å². The number of pyridine rings is 1. The number of benzene rings is 1. The minimum atomic E-state index is -1.00. The number of fused-ring (bicyclic) bond motifs is 1. The molecule has 28 heavy (non-hydrogen) atoms. The van der Waals surface area contributed by atoms with Crippen LogP contribution < -0.4 is 10.3 Å². The van der Waals surface area contributed by atoms with Crippen molar-refractivity contribution in [2.45, 2.75) is 19.3 Å². The lowest BCUT2D eigenvalue weighted by Crippen LogP contribution is -2.31. The number of carbonyl (C=O) groups is 2. The molecule has 1 atom stereocenters. The normalized spacial score (nSPS) is 15.8. The monoisotopic (exact) mass is 379 g/mol. The standard InChI is InChI=1S/C21H17NO6/c1-11-9-17-19(20(24)22(11)2)14(10-18(23)28-17)16-8-7-15(27-16)12-3-5-13(6-4-12)21(25)26/h3-9,14H,10H2,1-2H3,(H,25,26). The average molecular weight is 379 g/mol. The molecule has 3 aromatic rings. The van der Waals surface area contributed by atoms with Crippen molar-refractivity contribution in [2.75, 3.05) is 0 Å². The number of carboxylic acid groups (broad SMARTS) is 1. The summed E-state index contributed by atoms with van der Waals surface area (Å²) in [7, 11) is 1.67. The lowest BCUT2D eigenvalue weighted by Gasteiger charge is -2.23. The second kappa shape index (κ2) is 6.53. The van der Waals surface area contributed by atoms with Gasteiger partial charge in [-0.1, -0.05) is 12.1 Å². The van der Waals surface area contributed by atoms with Crippen LogP contribution in [0.2, 0.25) is 0 Å². The van der Waals surface area contributed by atoms with E-state index in [4.69, 9.17) is 14.3 Å². The van der Waals surface area contributed by atoms with E-state index in [0.717, 1.165) is 0 Å². The lowest BCUT2D eigenvalue weighted by atomic mass is 9.91. The van der Waals surface area contributed by atoms with Crippen LogP contribution in [0.15, 0.2) is 51.7 Å². The fourth-order valence-corrected chi connectivity index (χ4v) is 3.36. The summed E-state index contributed by atoms with van der Waals surface area (Å²) in [6.07, 6.45) is 0.0101. The maximum atomic E-state index is 12.8. The van der Waals surface area contributed by atoms with Crippen molar-refractivity contribution >= 4 is 11.9 Å². The quantitative estimate of drug-likeness (QED) is 0.702. The summed E-state index contributed by atoms with van der Waals surface area (Å²) in [4.78, 5) is 35.8. The summed E-state index contributed by atoms with van der Waals surface area (Å²) in [6.45, 7) is 1.77. The third kappa shape index (κ3) is 2.90. The topological polar surface area (TPSA) is 98.7 Å². The first-order valence-electron chi connectivity index (χ1n) is 8.70. The summed E-state index contributed by atoms with van der Waals surface area (Å²) in [6, 6.07) is 11.4. The van der Waals surface area contributed by atoms with E-state index in [0.29, 0.717) is 28.3 Å². The molecule has 1 unspecified atom stereocenters. The number of aromatic nitrogens is 1. The Morgan fingerprint density at radius 3 is 2.54 bits per heavy atom. The van der Waals surface area contributed by atoms with Crippen LogP contribution in [0.25, 0.3) is 11.3 Å². The van der Waals surface area contributed by atoms with Crippen LogP contribution >= 0.6 is 0 Å². The van der Waals surface area contributed by atoms with E-state index >= 15 is 0 Å². The zero-order valence-corrected chi connectivity index (χ0v) is 15.3. The van der Waals surface area contributed by atoms with E-state index in [2.05, 4.69) is 0 Å². The molecule has 0 saturated heterocycles. The number of carbonyl (C=O) groups excluding carboxylic acids is 1. The maximum absolute atomic E-state index is 12.8. The van der Waals surface area contributed by atoms with E-state index in [1.165, 1.54) is 16.7 Å². The molecule has 1 aliphatic heterocycles. The predicted molar refractivity (Wildman–Crippen MR) is 99.6 cm³/mol. The van der Waals surface area contributed by atoms with Gasteiger partial charge in [-0.05, 0) is 31.2 Å². The van der Waals surface area contributed by atoms with E-state index in [-0.39, 0.29) is 23.3 Å². The fraction of sp³-hybridized carbons (Fsp3) is 0.190. The number of hydrogen-bond donors (Lipinski definition) is 1. The van der Waals surface area contributed by atoms with Crippen molar-refractivity contribution in [3.63, 3.8) is 0 Å². The molecule has 0 fully saturated rings. The van der Waals surface area contributed by atoms with Crippen LogP contribution in [0, 0.1) is 6.92 Å². The van der Waals surface area contributed by atoms with Gasteiger partial charge in [-0.15, -0.1) is 0 Å². The number of carboxylic acids is 1. The Bertz CT molecular complexity index is 1150. The van der Waals surface area contributed by atoms with Crippen LogP contribution in [0.3, 0.4) is 0 Å². The first-order chi connectivity index (χ1) is 13.3. The number of ether oxygens (including phenoxy) is 1. The SMILES string of the molecule is Cc1cc2c(c(=O)n1C)C(c1ccc(-c3ccc(C(=O)O)cc3)o1)CC(=O)O2. The highest BCUT2D eigenvalue weighted by atomic mass is 16.5. The molecule has 0 aliphatic carbocycles. The molecule has 4 rings (SSSR count). The third-order valence-corrected chi connectivity index (χ3v) is 5.00. The summed E-state index contributed by atoms with van der Waals surface area (Å²) < 4.78 is 12.7. The first-order valence-corrected chi connectivity index (χ1v) is 8.70. The van der Waals surface area contributed by atoms with Crippen LogP contribution in [-0.2, 0) is 11.8 Å². The number of furan rings is 1. The van der Waals surface area contributed by atoms with Crippen LogP contribution in [0.4, 0.5) is 0 Å². The number of hydrogen-bond acceptors (Lipinski definition) is 5. The molecule has 142 valence electrons. The van der Waals surface area contributed by atoms with Gasteiger partial charge in [-0.3, -0.25) is 9.59 Å². The van der Waals surface area contributed by atoms with E-state index < -0.39 is 17.9 Å². The number of rotatable bonds is 3. The largest absolute Gasteiger partial charge is 0.478 e. The Balaban J connectivity index is 1.76. The van der Waals surface area contributed by atoms with Gasteiger partial charge in [0.1, 0.15) is 17.3 Å². The van der Waals surface area contributed by atoms with Crippen molar-refractivity contribution < 1.29 is 23.8 Å². The van der Waals surface area contributed by atoms with Crippen molar-refractivity contribution in [3.8, 4) is 17.1 Å². The van der Waals surface area contributed by atoms with Gasteiger partial charge in [0.15, 0.2) is 0 Å². The summed E-state index contributed by atoms with van der Waals surface area (Å²) in [5.74, 6) is -0.690. The highest BCUT2D eigenvalue weighted by Crippen LogP contribution is 2.38. The summed E-state index contributed by atoms with van der Waals surface area (Å²) in [5.41, 5.74) is 1.74. The Labute approximate surface area is 159 Å². The van der Waals surface area contributed by atoms with Crippen LogP contribution in [-0.4, -0.2) is 21.6 Å². The predicted octanol–water partition coefficient (Wildman–Crippen LogP) is 3.09. The number of aromatic carboxylic acids is 1. The Morgan fingerprint density at radius 1 is 1.14 bits per heavy atom.